The maximum Gasteiger partial charge on any atom is 0.270 e. The van der Waals surface area contributed by atoms with Crippen molar-refractivity contribution in [3.63, 3.8) is 0 Å². The van der Waals surface area contributed by atoms with Crippen molar-refractivity contribution >= 4 is 5.69 Å². The molecule has 0 aromatic heterocycles. The van der Waals surface area contributed by atoms with Crippen molar-refractivity contribution in [2.75, 3.05) is 27.2 Å². The molecular weight excluding hydrogens is 258 g/mol. The van der Waals surface area contributed by atoms with Gasteiger partial charge in [-0.15, -0.1) is 0 Å². The van der Waals surface area contributed by atoms with Crippen molar-refractivity contribution in [3.8, 4) is 5.75 Å². The van der Waals surface area contributed by atoms with E-state index in [4.69, 9.17) is 4.74 Å². The first kappa shape index (κ1) is 14.7. The Balaban J connectivity index is 2.00. The first-order valence-corrected chi connectivity index (χ1v) is 6.83. The number of hydrogen-bond acceptors (Lipinski definition) is 5. The highest BCUT2D eigenvalue weighted by Gasteiger charge is 2.17. The van der Waals surface area contributed by atoms with E-state index in [1.54, 1.807) is 19.2 Å². The smallest absolute Gasteiger partial charge is 0.270 e. The molecule has 20 heavy (non-hydrogen) atoms. The predicted molar refractivity (Wildman–Crippen MR) is 77.0 cm³/mol. The van der Waals surface area contributed by atoms with E-state index in [-0.39, 0.29) is 10.6 Å². The molecule has 2 rings (SSSR count). The lowest BCUT2D eigenvalue weighted by atomic mass is 10.0. The van der Waals surface area contributed by atoms with Gasteiger partial charge in [-0.05, 0) is 39.0 Å². The fourth-order valence-electron chi connectivity index (χ4n) is 2.48. The monoisotopic (exact) mass is 279 g/mol. The molecule has 0 bridgehead atoms. The van der Waals surface area contributed by atoms with Gasteiger partial charge < -0.3 is 15.0 Å². The maximum absolute atomic E-state index is 10.8. The Bertz CT molecular complexity index is 471. The van der Waals surface area contributed by atoms with E-state index in [1.807, 2.05) is 0 Å². The van der Waals surface area contributed by atoms with Gasteiger partial charge in [0.2, 0.25) is 0 Å². The second-order valence-electron chi connectivity index (χ2n) is 5.21. The van der Waals surface area contributed by atoms with Crippen molar-refractivity contribution < 1.29 is 9.66 Å². The number of hydrogen-bond donors (Lipinski definition) is 1. The number of piperidine rings is 1. The Kier molecular flexibility index (Phi) is 4.92. The van der Waals surface area contributed by atoms with Crippen molar-refractivity contribution in [2.45, 2.75) is 25.4 Å². The number of ether oxygens (including phenoxy) is 1. The van der Waals surface area contributed by atoms with Crippen LogP contribution in [0.5, 0.6) is 5.75 Å². The average molecular weight is 279 g/mol. The highest BCUT2D eigenvalue weighted by atomic mass is 16.6. The van der Waals surface area contributed by atoms with Crippen LogP contribution in [0.1, 0.15) is 18.4 Å². The molecule has 1 fully saturated rings. The zero-order valence-corrected chi connectivity index (χ0v) is 12.0. The van der Waals surface area contributed by atoms with Gasteiger partial charge in [0.05, 0.1) is 12.0 Å². The van der Waals surface area contributed by atoms with Gasteiger partial charge in [-0.1, -0.05) is 0 Å². The number of nitro benzene ring substituents is 1. The summed E-state index contributed by atoms with van der Waals surface area (Å²) in [4.78, 5) is 12.8. The van der Waals surface area contributed by atoms with Gasteiger partial charge in [-0.3, -0.25) is 10.1 Å². The summed E-state index contributed by atoms with van der Waals surface area (Å²) in [5.41, 5.74) is 0.937. The van der Waals surface area contributed by atoms with Crippen LogP contribution in [-0.2, 0) is 6.54 Å². The molecule has 0 atom stereocenters. The standard InChI is InChI=1S/C14H21N3O3/c1-16-7-5-12(6-8-16)15-10-11-9-13(17(18)19)3-4-14(11)20-2/h3-4,9,12,15H,5-8,10H2,1-2H3. The summed E-state index contributed by atoms with van der Waals surface area (Å²) in [5, 5.41) is 14.3. The maximum atomic E-state index is 10.8. The third-order valence-corrected chi connectivity index (χ3v) is 3.77. The molecule has 0 amide bonds. The summed E-state index contributed by atoms with van der Waals surface area (Å²) in [6.45, 7) is 2.77. The zero-order chi connectivity index (χ0) is 14.5. The van der Waals surface area contributed by atoms with Crippen LogP contribution in [0.2, 0.25) is 0 Å². The van der Waals surface area contributed by atoms with Crippen LogP contribution in [-0.4, -0.2) is 43.1 Å². The Morgan fingerprint density at radius 1 is 1.45 bits per heavy atom. The minimum absolute atomic E-state index is 0.103. The number of likely N-dealkylation sites (tertiary alicyclic amines) is 1. The number of nitrogens with zero attached hydrogens (tertiary/aromatic N) is 2. The summed E-state index contributed by atoms with van der Waals surface area (Å²) < 4.78 is 5.27. The van der Waals surface area contributed by atoms with Gasteiger partial charge in [-0.25, -0.2) is 0 Å². The van der Waals surface area contributed by atoms with Crippen LogP contribution in [0.3, 0.4) is 0 Å². The van der Waals surface area contributed by atoms with Crippen LogP contribution in [0, 0.1) is 10.1 Å². The van der Waals surface area contributed by atoms with Gasteiger partial charge in [-0.2, -0.15) is 0 Å². The molecule has 1 aromatic rings. The summed E-state index contributed by atoms with van der Waals surface area (Å²) in [7, 11) is 3.71. The van der Waals surface area contributed by atoms with Crippen molar-refractivity contribution in [1.82, 2.24) is 10.2 Å². The third-order valence-electron chi connectivity index (χ3n) is 3.77. The molecule has 1 aromatic carbocycles. The lowest BCUT2D eigenvalue weighted by molar-refractivity contribution is -0.384. The average Bonchev–Trinajstić information content (AvgIpc) is 2.46. The number of nitro groups is 1. The van der Waals surface area contributed by atoms with E-state index in [1.165, 1.54) is 6.07 Å². The Morgan fingerprint density at radius 3 is 2.75 bits per heavy atom. The highest BCUT2D eigenvalue weighted by Crippen LogP contribution is 2.24. The first-order valence-electron chi connectivity index (χ1n) is 6.83. The Labute approximate surface area is 118 Å². The van der Waals surface area contributed by atoms with Crippen molar-refractivity contribution in [3.05, 3.63) is 33.9 Å². The molecule has 1 N–H and O–H groups in total. The highest BCUT2D eigenvalue weighted by molar-refractivity contribution is 5.43. The number of methoxy groups -OCH3 is 1. The summed E-state index contributed by atoms with van der Waals surface area (Å²) in [6.07, 6.45) is 2.21. The van der Waals surface area contributed by atoms with Crippen LogP contribution < -0.4 is 10.1 Å². The minimum Gasteiger partial charge on any atom is -0.496 e. The molecule has 1 aliphatic rings. The Morgan fingerprint density at radius 2 is 2.15 bits per heavy atom. The molecular formula is C14H21N3O3. The molecule has 0 radical (unpaired) electrons. The van der Waals surface area contributed by atoms with Gasteiger partial charge in [0.25, 0.3) is 5.69 Å². The molecule has 0 unspecified atom stereocenters. The molecule has 1 saturated heterocycles. The molecule has 0 spiro atoms. The molecule has 6 heteroatoms. The fraction of sp³-hybridized carbons (Fsp3) is 0.571. The quantitative estimate of drug-likeness (QED) is 0.657. The SMILES string of the molecule is COc1ccc([N+](=O)[O-])cc1CNC1CCN(C)CC1. The van der Waals surface area contributed by atoms with Gasteiger partial charge in [0.15, 0.2) is 0 Å². The topological polar surface area (TPSA) is 67.6 Å². The fourth-order valence-corrected chi connectivity index (χ4v) is 2.48. The van der Waals surface area contributed by atoms with Crippen LogP contribution in [0.25, 0.3) is 0 Å². The normalized spacial score (nSPS) is 17.1. The lowest BCUT2D eigenvalue weighted by Gasteiger charge is -2.29. The number of benzene rings is 1. The van der Waals surface area contributed by atoms with E-state index in [9.17, 15) is 10.1 Å². The summed E-state index contributed by atoms with van der Waals surface area (Å²) in [6, 6.07) is 5.18. The summed E-state index contributed by atoms with van der Waals surface area (Å²) >= 11 is 0. The minimum atomic E-state index is -0.376. The van der Waals surface area contributed by atoms with Gasteiger partial charge in [0.1, 0.15) is 5.75 Å². The lowest BCUT2D eigenvalue weighted by Crippen LogP contribution is -2.40. The van der Waals surface area contributed by atoms with Crippen LogP contribution >= 0.6 is 0 Å². The third kappa shape index (κ3) is 3.68. The van der Waals surface area contributed by atoms with Crippen LogP contribution in [0.4, 0.5) is 5.69 Å². The van der Waals surface area contributed by atoms with E-state index >= 15 is 0 Å². The Hall–Kier alpha value is -1.66. The number of nitrogens with one attached hydrogen (secondary N) is 1. The first-order chi connectivity index (χ1) is 9.60. The largest absolute Gasteiger partial charge is 0.496 e. The van der Waals surface area contributed by atoms with Crippen LogP contribution in [0.15, 0.2) is 18.2 Å². The molecule has 6 nitrogen and oxygen atoms in total. The second kappa shape index (κ2) is 6.67. The zero-order valence-electron chi connectivity index (χ0n) is 12.0. The van der Waals surface area contributed by atoms with Gasteiger partial charge >= 0.3 is 0 Å². The van der Waals surface area contributed by atoms with E-state index in [0.717, 1.165) is 31.5 Å². The molecule has 0 saturated carbocycles. The van der Waals surface area contributed by atoms with Crippen molar-refractivity contribution in [1.29, 1.82) is 0 Å². The molecule has 110 valence electrons. The summed E-state index contributed by atoms with van der Waals surface area (Å²) in [5.74, 6) is 0.691. The second-order valence-corrected chi connectivity index (χ2v) is 5.21. The van der Waals surface area contributed by atoms with E-state index in [2.05, 4.69) is 17.3 Å². The van der Waals surface area contributed by atoms with E-state index < -0.39 is 0 Å². The number of rotatable bonds is 5. The molecule has 0 aliphatic carbocycles. The van der Waals surface area contributed by atoms with Crippen molar-refractivity contribution in [2.24, 2.45) is 0 Å². The molecule has 1 aliphatic heterocycles. The van der Waals surface area contributed by atoms with E-state index in [0.29, 0.717) is 18.3 Å². The molecule has 1 heterocycles. The predicted octanol–water partition coefficient (Wildman–Crippen LogP) is 1.79. The number of non-ortho nitro benzene ring substituents is 1. The van der Waals surface area contributed by atoms with Gasteiger partial charge in [0, 0.05) is 30.3 Å².